The van der Waals surface area contributed by atoms with Crippen LogP contribution in [0.2, 0.25) is 0 Å². The molecule has 3 atom stereocenters. The van der Waals surface area contributed by atoms with Gasteiger partial charge in [0.1, 0.15) is 0 Å². The van der Waals surface area contributed by atoms with Gasteiger partial charge in [0.2, 0.25) is 11.8 Å². The molecule has 2 aliphatic heterocycles. The molecule has 20 heavy (non-hydrogen) atoms. The second kappa shape index (κ2) is 5.35. The summed E-state index contributed by atoms with van der Waals surface area (Å²) >= 11 is 0. The molecule has 1 saturated carbocycles. The molecule has 2 N–H and O–H groups in total. The second-order valence-electron chi connectivity index (χ2n) is 6.65. The van der Waals surface area contributed by atoms with Gasteiger partial charge in [-0.1, -0.05) is 12.8 Å². The fourth-order valence-electron chi connectivity index (χ4n) is 4.18. The van der Waals surface area contributed by atoms with Crippen LogP contribution >= 0.6 is 0 Å². The molecule has 3 rings (SSSR count). The van der Waals surface area contributed by atoms with Gasteiger partial charge in [-0.3, -0.25) is 9.59 Å². The maximum atomic E-state index is 12.8. The molecule has 2 heterocycles. The number of hydrogen-bond donors (Lipinski definition) is 2. The van der Waals surface area contributed by atoms with Crippen LogP contribution in [0.1, 0.15) is 39.0 Å². The first-order valence-electron chi connectivity index (χ1n) is 7.89. The molecule has 2 amide bonds. The maximum absolute atomic E-state index is 12.8. The average molecular weight is 279 g/mol. The van der Waals surface area contributed by atoms with Crippen LogP contribution in [0.25, 0.3) is 0 Å². The van der Waals surface area contributed by atoms with Crippen LogP contribution in [0.15, 0.2) is 0 Å². The molecule has 1 aliphatic carbocycles. The van der Waals surface area contributed by atoms with Crippen molar-refractivity contribution in [2.45, 2.75) is 45.1 Å². The zero-order valence-electron chi connectivity index (χ0n) is 12.3. The molecule has 5 nitrogen and oxygen atoms in total. The van der Waals surface area contributed by atoms with Crippen LogP contribution in [0.5, 0.6) is 0 Å². The van der Waals surface area contributed by atoms with Gasteiger partial charge in [-0.2, -0.15) is 0 Å². The van der Waals surface area contributed by atoms with E-state index in [-0.39, 0.29) is 23.3 Å². The molecular formula is C15H25N3O2. The molecule has 5 heteroatoms. The third-order valence-electron chi connectivity index (χ3n) is 5.46. The summed E-state index contributed by atoms with van der Waals surface area (Å²) in [5, 5.41) is 6.64. The van der Waals surface area contributed by atoms with Crippen molar-refractivity contribution in [2.75, 3.05) is 26.2 Å². The van der Waals surface area contributed by atoms with E-state index in [1.807, 2.05) is 4.90 Å². The van der Waals surface area contributed by atoms with Crippen LogP contribution in [0.4, 0.5) is 0 Å². The highest BCUT2D eigenvalue weighted by Crippen LogP contribution is 2.44. The minimum Gasteiger partial charge on any atom is -0.351 e. The van der Waals surface area contributed by atoms with Crippen molar-refractivity contribution in [1.29, 1.82) is 0 Å². The molecular weight excluding hydrogens is 254 g/mol. The van der Waals surface area contributed by atoms with E-state index >= 15 is 0 Å². The predicted molar refractivity (Wildman–Crippen MR) is 76.1 cm³/mol. The first-order chi connectivity index (χ1) is 9.62. The fourth-order valence-corrected chi connectivity index (χ4v) is 4.18. The highest BCUT2D eigenvalue weighted by atomic mass is 16.2. The zero-order valence-corrected chi connectivity index (χ0v) is 12.3. The van der Waals surface area contributed by atoms with Gasteiger partial charge < -0.3 is 15.5 Å². The number of nitrogens with one attached hydrogen (secondary N) is 2. The molecule has 1 unspecified atom stereocenters. The van der Waals surface area contributed by atoms with Crippen molar-refractivity contribution in [3.8, 4) is 0 Å². The number of hydrogen-bond acceptors (Lipinski definition) is 3. The SMILES string of the molecule is CC(=O)N1CCC(NC(=O)[C@@]23CCCC[C@H]2CNC3)C1. The van der Waals surface area contributed by atoms with E-state index < -0.39 is 0 Å². The molecule has 0 aromatic carbocycles. The minimum atomic E-state index is -0.179. The summed E-state index contributed by atoms with van der Waals surface area (Å²) < 4.78 is 0. The standard InChI is InChI=1S/C15H25N3O2/c1-11(19)18-7-5-13(9-18)17-14(20)15-6-3-2-4-12(15)8-16-10-15/h12-13,16H,2-10H2,1H3,(H,17,20)/t12-,13?,15+/m0/s1. The molecule has 0 aromatic rings. The quantitative estimate of drug-likeness (QED) is 0.774. The van der Waals surface area contributed by atoms with Gasteiger partial charge in [0.15, 0.2) is 0 Å². The number of rotatable bonds is 2. The lowest BCUT2D eigenvalue weighted by molar-refractivity contribution is -0.135. The zero-order chi connectivity index (χ0) is 14.2. The average Bonchev–Trinajstić information content (AvgIpc) is 3.04. The van der Waals surface area contributed by atoms with Gasteiger partial charge >= 0.3 is 0 Å². The molecule has 3 aliphatic rings. The molecule has 2 saturated heterocycles. The number of carbonyl (C=O) groups excluding carboxylic acids is 2. The lowest BCUT2D eigenvalue weighted by Crippen LogP contribution is -2.51. The van der Waals surface area contributed by atoms with Gasteiger partial charge in [0.25, 0.3) is 0 Å². The summed E-state index contributed by atoms with van der Waals surface area (Å²) in [5.41, 5.74) is -0.179. The molecule has 3 fully saturated rings. The Kier molecular flexibility index (Phi) is 3.71. The van der Waals surface area contributed by atoms with Crippen LogP contribution in [0, 0.1) is 11.3 Å². The van der Waals surface area contributed by atoms with Gasteiger partial charge in [0, 0.05) is 32.6 Å². The summed E-state index contributed by atoms with van der Waals surface area (Å²) in [7, 11) is 0. The fraction of sp³-hybridized carbons (Fsp3) is 0.867. The first kappa shape index (κ1) is 13.9. The first-order valence-corrected chi connectivity index (χ1v) is 7.89. The Morgan fingerprint density at radius 3 is 2.90 bits per heavy atom. The molecule has 112 valence electrons. The Balaban J connectivity index is 1.63. The van der Waals surface area contributed by atoms with E-state index in [0.29, 0.717) is 12.5 Å². The Morgan fingerprint density at radius 1 is 1.30 bits per heavy atom. The largest absolute Gasteiger partial charge is 0.351 e. The lowest BCUT2D eigenvalue weighted by Gasteiger charge is -2.37. The highest BCUT2D eigenvalue weighted by molar-refractivity contribution is 5.84. The number of nitrogens with zero attached hydrogens (tertiary/aromatic N) is 1. The lowest BCUT2D eigenvalue weighted by atomic mass is 9.67. The van der Waals surface area contributed by atoms with Gasteiger partial charge in [-0.05, 0) is 31.7 Å². The molecule has 0 spiro atoms. The third-order valence-corrected chi connectivity index (χ3v) is 5.46. The summed E-state index contributed by atoms with van der Waals surface area (Å²) in [6, 6.07) is 0.143. The van der Waals surface area contributed by atoms with Crippen LogP contribution in [-0.4, -0.2) is 48.9 Å². The Hall–Kier alpha value is -1.10. The molecule has 0 bridgehead atoms. The van der Waals surface area contributed by atoms with Crippen molar-refractivity contribution in [3.05, 3.63) is 0 Å². The Bertz CT molecular complexity index is 412. The van der Waals surface area contributed by atoms with Crippen LogP contribution < -0.4 is 10.6 Å². The summed E-state index contributed by atoms with van der Waals surface area (Å²) in [5.74, 6) is 0.835. The summed E-state index contributed by atoms with van der Waals surface area (Å²) in [4.78, 5) is 26.0. The van der Waals surface area contributed by atoms with Crippen LogP contribution in [-0.2, 0) is 9.59 Å². The van der Waals surface area contributed by atoms with E-state index in [4.69, 9.17) is 0 Å². The minimum absolute atomic E-state index is 0.109. The van der Waals surface area contributed by atoms with E-state index in [2.05, 4.69) is 10.6 Å². The van der Waals surface area contributed by atoms with Crippen molar-refractivity contribution in [2.24, 2.45) is 11.3 Å². The van der Waals surface area contributed by atoms with E-state index in [1.165, 1.54) is 12.8 Å². The number of amides is 2. The van der Waals surface area contributed by atoms with Crippen LogP contribution in [0.3, 0.4) is 0 Å². The number of fused-ring (bicyclic) bond motifs is 1. The van der Waals surface area contributed by atoms with Crippen molar-refractivity contribution in [3.63, 3.8) is 0 Å². The third kappa shape index (κ3) is 2.32. The summed E-state index contributed by atoms with van der Waals surface area (Å²) in [6.45, 7) is 4.86. The summed E-state index contributed by atoms with van der Waals surface area (Å²) in [6.07, 6.45) is 5.49. The maximum Gasteiger partial charge on any atom is 0.228 e. The van der Waals surface area contributed by atoms with E-state index in [0.717, 1.165) is 38.9 Å². The molecule has 0 radical (unpaired) electrons. The Labute approximate surface area is 120 Å². The molecule has 0 aromatic heterocycles. The highest BCUT2D eigenvalue weighted by Gasteiger charge is 2.50. The normalized spacial score (nSPS) is 36.8. The number of carbonyl (C=O) groups is 2. The van der Waals surface area contributed by atoms with Gasteiger partial charge in [-0.25, -0.2) is 0 Å². The van der Waals surface area contributed by atoms with Crippen molar-refractivity contribution in [1.82, 2.24) is 15.5 Å². The van der Waals surface area contributed by atoms with Gasteiger partial charge in [-0.15, -0.1) is 0 Å². The second-order valence-corrected chi connectivity index (χ2v) is 6.65. The van der Waals surface area contributed by atoms with E-state index in [9.17, 15) is 9.59 Å². The van der Waals surface area contributed by atoms with Gasteiger partial charge in [0.05, 0.1) is 5.41 Å². The van der Waals surface area contributed by atoms with E-state index in [1.54, 1.807) is 6.92 Å². The number of likely N-dealkylation sites (tertiary alicyclic amines) is 1. The van der Waals surface area contributed by atoms with Crippen molar-refractivity contribution >= 4 is 11.8 Å². The predicted octanol–water partition coefficient (Wildman–Crippen LogP) is 0.503. The monoisotopic (exact) mass is 279 g/mol. The van der Waals surface area contributed by atoms with Crippen molar-refractivity contribution < 1.29 is 9.59 Å². The Morgan fingerprint density at radius 2 is 2.15 bits per heavy atom. The topological polar surface area (TPSA) is 61.4 Å². The smallest absolute Gasteiger partial charge is 0.228 e.